The van der Waals surface area contributed by atoms with Gasteiger partial charge in [-0.1, -0.05) is 36.4 Å². The maximum atomic E-state index is 12.4. The zero-order valence-electron chi connectivity index (χ0n) is 13.0. The zero-order chi connectivity index (χ0) is 15.8. The topological polar surface area (TPSA) is 47.6 Å². The van der Waals surface area contributed by atoms with E-state index in [2.05, 4.69) is 11.4 Å². The van der Waals surface area contributed by atoms with Crippen LogP contribution in [0.1, 0.15) is 23.5 Å². The van der Waals surface area contributed by atoms with Crippen molar-refractivity contribution in [3.63, 3.8) is 0 Å². The summed E-state index contributed by atoms with van der Waals surface area (Å²) in [6, 6.07) is 16.0. The molecule has 4 nitrogen and oxygen atoms in total. The van der Waals surface area contributed by atoms with Crippen LogP contribution in [0.25, 0.3) is 0 Å². The molecule has 3 unspecified atom stereocenters. The molecule has 3 atom stereocenters. The first-order valence-corrected chi connectivity index (χ1v) is 7.94. The van der Waals surface area contributed by atoms with Crippen molar-refractivity contribution in [1.82, 2.24) is 5.32 Å². The molecule has 2 aliphatic rings. The van der Waals surface area contributed by atoms with E-state index in [-0.39, 0.29) is 11.9 Å². The molecule has 1 amide bonds. The van der Waals surface area contributed by atoms with Crippen LogP contribution in [0, 0.1) is 0 Å². The van der Waals surface area contributed by atoms with E-state index < -0.39 is 6.10 Å². The lowest BCUT2D eigenvalue weighted by Gasteiger charge is -2.12. The van der Waals surface area contributed by atoms with Gasteiger partial charge in [0.15, 0.2) is 6.10 Å². The van der Waals surface area contributed by atoms with Crippen molar-refractivity contribution < 1.29 is 14.3 Å². The van der Waals surface area contributed by atoms with E-state index in [0.717, 1.165) is 29.0 Å². The third-order valence-electron chi connectivity index (χ3n) is 4.60. The van der Waals surface area contributed by atoms with Gasteiger partial charge < -0.3 is 14.8 Å². The monoisotopic (exact) mass is 309 g/mol. The minimum Gasteiger partial charge on any atom is -0.496 e. The zero-order valence-corrected chi connectivity index (χ0v) is 13.0. The Bertz CT molecular complexity index is 718. The number of methoxy groups -OCH3 is 1. The molecule has 1 aliphatic carbocycles. The molecule has 1 heterocycles. The van der Waals surface area contributed by atoms with Crippen molar-refractivity contribution in [2.24, 2.45) is 0 Å². The van der Waals surface area contributed by atoms with Gasteiger partial charge in [0.1, 0.15) is 11.5 Å². The molecule has 0 spiro atoms. The average molecular weight is 309 g/mol. The van der Waals surface area contributed by atoms with Crippen LogP contribution in [-0.4, -0.2) is 25.2 Å². The molecular formula is C19H19NO3. The molecule has 118 valence electrons. The highest BCUT2D eigenvalue weighted by Gasteiger charge is 2.42. The van der Waals surface area contributed by atoms with E-state index in [1.807, 2.05) is 42.5 Å². The Kier molecular flexibility index (Phi) is 3.45. The first-order chi connectivity index (χ1) is 11.3. The van der Waals surface area contributed by atoms with Crippen molar-refractivity contribution in [3.8, 4) is 11.5 Å². The first kappa shape index (κ1) is 14.1. The van der Waals surface area contributed by atoms with Crippen LogP contribution in [0.15, 0.2) is 48.5 Å². The SMILES string of the molecule is COc1ccccc1C1CC1NC(=O)C1Cc2ccccc2O1. The van der Waals surface area contributed by atoms with Gasteiger partial charge in [0.25, 0.3) is 5.91 Å². The van der Waals surface area contributed by atoms with Crippen LogP contribution in [0.5, 0.6) is 11.5 Å². The number of amides is 1. The standard InChI is InChI=1S/C19H19NO3/c1-22-17-9-5-3-7-13(17)14-11-15(14)20-19(21)18-10-12-6-2-4-8-16(12)23-18/h2-9,14-15,18H,10-11H2,1H3,(H,20,21). The highest BCUT2D eigenvalue weighted by molar-refractivity contribution is 5.83. The number of hydrogen-bond acceptors (Lipinski definition) is 3. The Morgan fingerprint density at radius 2 is 1.96 bits per heavy atom. The average Bonchev–Trinajstić information content (AvgIpc) is 3.20. The lowest BCUT2D eigenvalue weighted by atomic mass is 10.1. The van der Waals surface area contributed by atoms with Crippen LogP contribution in [0.3, 0.4) is 0 Å². The molecule has 1 fully saturated rings. The number of benzene rings is 2. The van der Waals surface area contributed by atoms with Gasteiger partial charge in [0.05, 0.1) is 7.11 Å². The molecule has 0 radical (unpaired) electrons. The predicted molar refractivity (Wildman–Crippen MR) is 86.8 cm³/mol. The van der Waals surface area contributed by atoms with Crippen LogP contribution in [0.2, 0.25) is 0 Å². The quantitative estimate of drug-likeness (QED) is 0.944. The van der Waals surface area contributed by atoms with Crippen LogP contribution in [-0.2, 0) is 11.2 Å². The van der Waals surface area contributed by atoms with E-state index in [1.54, 1.807) is 7.11 Å². The van der Waals surface area contributed by atoms with Crippen LogP contribution >= 0.6 is 0 Å². The van der Waals surface area contributed by atoms with Crippen molar-refractivity contribution in [1.29, 1.82) is 0 Å². The van der Waals surface area contributed by atoms with E-state index in [9.17, 15) is 4.79 Å². The summed E-state index contributed by atoms with van der Waals surface area (Å²) in [6.07, 6.45) is 1.19. The molecule has 1 saturated carbocycles. The summed E-state index contributed by atoms with van der Waals surface area (Å²) >= 11 is 0. The normalized spacial score (nSPS) is 24.5. The Morgan fingerprint density at radius 1 is 1.17 bits per heavy atom. The number of para-hydroxylation sites is 2. The van der Waals surface area contributed by atoms with Gasteiger partial charge in [-0.2, -0.15) is 0 Å². The molecular weight excluding hydrogens is 290 g/mol. The van der Waals surface area contributed by atoms with Crippen molar-refractivity contribution in [2.75, 3.05) is 7.11 Å². The minimum absolute atomic E-state index is 0.0244. The largest absolute Gasteiger partial charge is 0.496 e. The van der Waals surface area contributed by atoms with E-state index in [0.29, 0.717) is 12.3 Å². The smallest absolute Gasteiger partial charge is 0.261 e. The fourth-order valence-electron chi connectivity index (χ4n) is 3.27. The third-order valence-corrected chi connectivity index (χ3v) is 4.60. The van der Waals surface area contributed by atoms with Crippen LogP contribution in [0.4, 0.5) is 0 Å². The Hall–Kier alpha value is -2.49. The lowest BCUT2D eigenvalue weighted by molar-refractivity contribution is -0.127. The highest BCUT2D eigenvalue weighted by Crippen LogP contribution is 2.44. The summed E-state index contributed by atoms with van der Waals surface area (Å²) < 4.78 is 11.2. The highest BCUT2D eigenvalue weighted by atomic mass is 16.5. The number of hydrogen-bond donors (Lipinski definition) is 1. The summed E-state index contributed by atoms with van der Waals surface area (Å²) in [7, 11) is 1.68. The molecule has 4 heteroatoms. The van der Waals surface area contributed by atoms with Crippen LogP contribution < -0.4 is 14.8 Å². The van der Waals surface area contributed by atoms with Gasteiger partial charge in [-0.05, 0) is 29.7 Å². The second-order valence-electron chi connectivity index (χ2n) is 6.12. The van der Waals surface area contributed by atoms with Gasteiger partial charge in [-0.3, -0.25) is 4.79 Å². The second kappa shape index (κ2) is 5.61. The second-order valence-corrected chi connectivity index (χ2v) is 6.12. The molecule has 0 saturated heterocycles. The van der Waals surface area contributed by atoms with Gasteiger partial charge >= 0.3 is 0 Å². The third kappa shape index (κ3) is 2.65. The van der Waals surface area contributed by atoms with Crippen molar-refractivity contribution in [3.05, 3.63) is 59.7 Å². The Labute approximate surface area is 135 Å². The van der Waals surface area contributed by atoms with Gasteiger partial charge in [-0.25, -0.2) is 0 Å². The first-order valence-electron chi connectivity index (χ1n) is 7.94. The maximum absolute atomic E-state index is 12.4. The number of ether oxygens (including phenoxy) is 2. The van der Waals surface area contributed by atoms with Gasteiger partial charge in [-0.15, -0.1) is 0 Å². The molecule has 23 heavy (non-hydrogen) atoms. The lowest BCUT2D eigenvalue weighted by Crippen LogP contribution is -2.39. The fourth-order valence-corrected chi connectivity index (χ4v) is 3.27. The Balaban J connectivity index is 1.38. The minimum atomic E-state index is -0.411. The summed E-state index contributed by atoms with van der Waals surface area (Å²) in [4.78, 5) is 12.4. The molecule has 2 aromatic rings. The van der Waals surface area contributed by atoms with Crippen molar-refractivity contribution >= 4 is 5.91 Å². The summed E-state index contributed by atoms with van der Waals surface area (Å²) in [5.74, 6) is 2.02. The summed E-state index contributed by atoms with van der Waals surface area (Å²) in [5, 5.41) is 3.11. The molecule has 1 aliphatic heterocycles. The number of rotatable bonds is 4. The van der Waals surface area contributed by atoms with E-state index in [1.165, 1.54) is 0 Å². The molecule has 4 rings (SSSR count). The number of carbonyl (C=O) groups is 1. The fraction of sp³-hybridized carbons (Fsp3) is 0.316. The number of nitrogens with one attached hydrogen (secondary N) is 1. The molecule has 0 bridgehead atoms. The Morgan fingerprint density at radius 3 is 2.78 bits per heavy atom. The van der Waals surface area contributed by atoms with E-state index in [4.69, 9.17) is 9.47 Å². The molecule has 2 aromatic carbocycles. The number of fused-ring (bicyclic) bond motifs is 1. The number of carbonyl (C=O) groups excluding carboxylic acids is 1. The molecule has 1 N–H and O–H groups in total. The van der Waals surface area contributed by atoms with E-state index >= 15 is 0 Å². The summed E-state index contributed by atoms with van der Waals surface area (Å²) in [5.41, 5.74) is 2.26. The maximum Gasteiger partial charge on any atom is 0.261 e. The van der Waals surface area contributed by atoms with Gasteiger partial charge in [0, 0.05) is 18.4 Å². The molecule has 0 aromatic heterocycles. The predicted octanol–water partition coefficient (Wildman–Crippen LogP) is 2.67. The van der Waals surface area contributed by atoms with Gasteiger partial charge in [0.2, 0.25) is 0 Å². The summed E-state index contributed by atoms with van der Waals surface area (Å²) in [6.45, 7) is 0. The van der Waals surface area contributed by atoms with Crippen molar-refractivity contribution in [2.45, 2.75) is 30.9 Å².